The predicted octanol–water partition coefficient (Wildman–Crippen LogP) is 3.18. The summed E-state index contributed by atoms with van der Waals surface area (Å²) in [6.07, 6.45) is 3.48. The molecule has 0 atom stereocenters. The van der Waals surface area contributed by atoms with Gasteiger partial charge in [0.1, 0.15) is 0 Å². The van der Waals surface area contributed by atoms with Crippen LogP contribution in [0, 0.1) is 12.8 Å². The van der Waals surface area contributed by atoms with Gasteiger partial charge in [0.05, 0.1) is 6.61 Å². The van der Waals surface area contributed by atoms with E-state index in [1.807, 2.05) is 13.0 Å². The minimum Gasteiger partial charge on any atom is -0.478 e. The topological polar surface area (TPSA) is 38.2 Å². The molecule has 0 N–H and O–H groups in total. The van der Waals surface area contributed by atoms with Gasteiger partial charge in [0.25, 0.3) is 0 Å². The van der Waals surface area contributed by atoms with Crippen molar-refractivity contribution in [2.45, 2.75) is 37.9 Å². The van der Waals surface area contributed by atoms with Crippen LogP contribution < -0.4 is 9.64 Å². The van der Waals surface area contributed by atoms with E-state index in [0.717, 1.165) is 30.5 Å². The number of aryl methyl sites for hydroxylation is 1. The summed E-state index contributed by atoms with van der Waals surface area (Å²) >= 11 is 3.63. The van der Waals surface area contributed by atoms with Crippen LogP contribution in [0.1, 0.15) is 31.9 Å². The van der Waals surface area contributed by atoms with E-state index in [0.29, 0.717) is 17.3 Å². The number of anilines is 1. The van der Waals surface area contributed by atoms with Gasteiger partial charge in [-0.25, -0.2) is 4.98 Å². The molecule has 1 aliphatic carbocycles. The smallest absolute Gasteiger partial charge is 0.228 e. The van der Waals surface area contributed by atoms with Gasteiger partial charge in [-0.15, -0.1) is 0 Å². The molecule has 1 aromatic heterocycles. The van der Waals surface area contributed by atoms with Crippen molar-refractivity contribution < 1.29 is 4.74 Å². The van der Waals surface area contributed by atoms with Crippen LogP contribution in [0.4, 0.5) is 5.95 Å². The van der Waals surface area contributed by atoms with Crippen molar-refractivity contribution in [1.82, 2.24) is 9.97 Å². The first-order valence-electron chi connectivity index (χ1n) is 6.92. The summed E-state index contributed by atoms with van der Waals surface area (Å²) < 4.78 is 5.60. The summed E-state index contributed by atoms with van der Waals surface area (Å²) in [7, 11) is 2.06. The molecule has 0 spiro atoms. The van der Waals surface area contributed by atoms with Gasteiger partial charge in [0.15, 0.2) is 0 Å². The molecular formula is C14H22BrN3O. The predicted molar refractivity (Wildman–Crippen MR) is 81.3 cm³/mol. The average Bonchev–Trinajstić information content (AvgIpc) is 2.33. The van der Waals surface area contributed by atoms with Crippen LogP contribution in [0.5, 0.6) is 5.88 Å². The molecule has 0 aliphatic heterocycles. The number of hydrogen-bond acceptors (Lipinski definition) is 4. The fraction of sp³-hybridized carbons (Fsp3) is 0.714. The van der Waals surface area contributed by atoms with Gasteiger partial charge in [0, 0.05) is 30.2 Å². The SMILES string of the molecule is CCCOc1cc(C)nc(N(C)CC2CC(Br)C2)n1. The first-order chi connectivity index (χ1) is 9.08. The molecule has 1 fully saturated rings. The highest BCUT2D eigenvalue weighted by Crippen LogP contribution is 2.34. The third-order valence-electron chi connectivity index (χ3n) is 3.32. The maximum absolute atomic E-state index is 5.60. The first kappa shape index (κ1) is 14.6. The maximum atomic E-state index is 5.60. The van der Waals surface area contributed by atoms with Gasteiger partial charge in [-0.2, -0.15) is 4.98 Å². The van der Waals surface area contributed by atoms with E-state index in [4.69, 9.17) is 4.74 Å². The van der Waals surface area contributed by atoms with Gasteiger partial charge < -0.3 is 9.64 Å². The minimum absolute atomic E-state index is 0.683. The Morgan fingerprint density at radius 2 is 2.16 bits per heavy atom. The monoisotopic (exact) mass is 327 g/mol. The van der Waals surface area contributed by atoms with Crippen molar-refractivity contribution in [3.05, 3.63) is 11.8 Å². The van der Waals surface area contributed by atoms with Crippen molar-refractivity contribution in [3.63, 3.8) is 0 Å². The lowest BCUT2D eigenvalue weighted by Crippen LogP contribution is -2.35. The Hall–Kier alpha value is -0.840. The zero-order chi connectivity index (χ0) is 13.8. The minimum atomic E-state index is 0.683. The second kappa shape index (κ2) is 6.55. The number of hydrogen-bond donors (Lipinski definition) is 0. The lowest BCUT2D eigenvalue weighted by atomic mass is 9.85. The largest absolute Gasteiger partial charge is 0.478 e. The molecule has 106 valence electrons. The number of alkyl halides is 1. The summed E-state index contributed by atoms with van der Waals surface area (Å²) in [4.78, 5) is 11.8. The van der Waals surface area contributed by atoms with Gasteiger partial charge in [-0.1, -0.05) is 22.9 Å². The van der Waals surface area contributed by atoms with Gasteiger partial charge in [0.2, 0.25) is 11.8 Å². The molecule has 0 unspecified atom stereocenters. The highest BCUT2D eigenvalue weighted by Gasteiger charge is 2.28. The Morgan fingerprint density at radius 3 is 2.79 bits per heavy atom. The third kappa shape index (κ3) is 4.06. The van der Waals surface area contributed by atoms with Crippen molar-refractivity contribution in [2.24, 2.45) is 5.92 Å². The van der Waals surface area contributed by atoms with Crippen LogP contribution in [0.3, 0.4) is 0 Å². The maximum Gasteiger partial charge on any atom is 0.228 e. The molecule has 0 bridgehead atoms. The summed E-state index contributed by atoms with van der Waals surface area (Å²) in [6, 6.07) is 1.89. The van der Waals surface area contributed by atoms with E-state index < -0.39 is 0 Å². The Kier molecular flexibility index (Phi) is 5.02. The molecule has 19 heavy (non-hydrogen) atoms. The Labute approximate surface area is 123 Å². The quantitative estimate of drug-likeness (QED) is 0.752. The summed E-state index contributed by atoms with van der Waals surface area (Å²) in [5.41, 5.74) is 0.954. The normalized spacial score (nSPS) is 21.9. The van der Waals surface area contributed by atoms with Crippen molar-refractivity contribution in [1.29, 1.82) is 0 Å². The lowest BCUT2D eigenvalue weighted by Gasteiger charge is -2.34. The van der Waals surface area contributed by atoms with Crippen LogP contribution in [0.2, 0.25) is 0 Å². The second-order valence-electron chi connectivity index (χ2n) is 5.31. The van der Waals surface area contributed by atoms with E-state index in [-0.39, 0.29) is 0 Å². The fourth-order valence-corrected chi connectivity index (χ4v) is 3.31. The van der Waals surface area contributed by atoms with E-state index in [2.05, 4.69) is 44.8 Å². The molecular weight excluding hydrogens is 306 g/mol. The molecule has 1 aromatic rings. The molecule has 0 saturated heterocycles. The van der Waals surface area contributed by atoms with Crippen LogP contribution in [0.25, 0.3) is 0 Å². The summed E-state index contributed by atoms with van der Waals surface area (Å²) in [6.45, 7) is 5.79. The number of rotatable bonds is 6. The Morgan fingerprint density at radius 1 is 1.42 bits per heavy atom. The van der Waals surface area contributed by atoms with Crippen LogP contribution in [-0.2, 0) is 0 Å². The zero-order valence-corrected chi connectivity index (χ0v) is 13.5. The third-order valence-corrected chi connectivity index (χ3v) is 4.07. The lowest BCUT2D eigenvalue weighted by molar-refractivity contribution is 0.303. The van der Waals surface area contributed by atoms with E-state index in [1.54, 1.807) is 0 Å². The molecule has 1 saturated carbocycles. The van der Waals surface area contributed by atoms with Gasteiger partial charge >= 0.3 is 0 Å². The number of ether oxygens (including phenoxy) is 1. The Balaban J connectivity index is 1.99. The first-order valence-corrected chi connectivity index (χ1v) is 7.83. The highest BCUT2D eigenvalue weighted by molar-refractivity contribution is 9.09. The van der Waals surface area contributed by atoms with Crippen molar-refractivity contribution >= 4 is 21.9 Å². The zero-order valence-electron chi connectivity index (χ0n) is 11.9. The highest BCUT2D eigenvalue weighted by atomic mass is 79.9. The van der Waals surface area contributed by atoms with E-state index in [9.17, 15) is 0 Å². The summed E-state index contributed by atoms with van der Waals surface area (Å²) in [5, 5.41) is 0. The fourth-order valence-electron chi connectivity index (χ4n) is 2.25. The molecule has 1 aliphatic rings. The molecule has 5 heteroatoms. The van der Waals surface area contributed by atoms with E-state index in [1.165, 1.54) is 12.8 Å². The van der Waals surface area contributed by atoms with Crippen molar-refractivity contribution in [3.8, 4) is 5.88 Å². The second-order valence-corrected chi connectivity index (χ2v) is 6.61. The van der Waals surface area contributed by atoms with Crippen LogP contribution in [0.15, 0.2) is 6.07 Å². The van der Waals surface area contributed by atoms with Crippen molar-refractivity contribution in [2.75, 3.05) is 25.1 Å². The van der Waals surface area contributed by atoms with Crippen LogP contribution >= 0.6 is 15.9 Å². The van der Waals surface area contributed by atoms with Crippen LogP contribution in [-0.4, -0.2) is 35.0 Å². The Bertz CT molecular complexity index is 421. The van der Waals surface area contributed by atoms with Gasteiger partial charge in [-0.3, -0.25) is 0 Å². The molecule has 4 nitrogen and oxygen atoms in total. The standard InChI is InChI=1S/C14H22BrN3O/c1-4-5-19-13-6-10(2)16-14(17-13)18(3)9-11-7-12(15)8-11/h6,11-12H,4-5,7-9H2,1-3H3. The molecule has 0 aromatic carbocycles. The molecule has 0 radical (unpaired) electrons. The number of halogens is 1. The molecule has 1 heterocycles. The average molecular weight is 328 g/mol. The molecule has 0 amide bonds. The molecule has 2 rings (SSSR count). The van der Waals surface area contributed by atoms with E-state index >= 15 is 0 Å². The summed E-state index contributed by atoms with van der Waals surface area (Å²) in [5.74, 6) is 2.20. The number of nitrogens with zero attached hydrogens (tertiary/aromatic N) is 3. The number of aromatic nitrogens is 2. The van der Waals surface area contributed by atoms with Gasteiger partial charge in [-0.05, 0) is 32.1 Å².